The first kappa shape index (κ1) is 7.50. The molecular formula is C6H11NO3. The van der Waals surface area contributed by atoms with Crippen molar-refractivity contribution in [2.75, 3.05) is 13.2 Å². The number of hydroxylamine groups is 1. The molecule has 1 rings (SSSR count). The van der Waals surface area contributed by atoms with E-state index < -0.39 is 0 Å². The number of aliphatic hydroxyl groups is 1. The third kappa shape index (κ3) is 2.33. The van der Waals surface area contributed by atoms with Crippen molar-refractivity contribution >= 4 is 5.91 Å². The van der Waals surface area contributed by atoms with Crippen molar-refractivity contribution in [2.45, 2.75) is 12.8 Å². The van der Waals surface area contributed by atoms with E-state index in [9.17, 15) is 4.79 Å². The van der Waals surface area contributed by atoms with E-state index in [1.54, 1.807) is 0 Å². The zero-order valence-corrected chi connectivity index (χ0v) is 5.67. The summed E-state index contributed by atoms with van der Waals surface area (Å²) >= 11 is 0. The van der Waals surface area contributed by atoms with Gasteiger partial charge in [0, 0.05) is 5.92 Å². The minimum atomic E-state index is -0.0645. The number of aliphatic hydroxyl groups excluding tert-OH is 1. The van der Waals surface area contributed by atoms with Crippen molar-refractivity contribution in [1.29, 1.82) is 0 Å². The molecule has 0 spiro atoms. The Hall–Kier alpha value is -0.610. The lowest BCUT2D eigenvalue weighted by atomic mass is 10.4. The number of hydrogen-bond donors (Lipinski definition) is 2. The second-order valence-corrected chi connectivity index (χ2v) is 2.31. The van der Waals surface area contributed by atoms with Gasteiger partial charge in [-0.05, 0) is 12.8 Å². The molecule has 0 aromatic carbocycles. The van der Waals surface area contributed by atoms with Crippen molar-refractivity contribution in [2.24, 2.45) is 5.92 Å². The second kappa shape index (κ2) is 3.53. The average Bonchev–Trinajstić information content (AvgIpc) is 2.69. The summed E-state index contributed by atoms with van der Waals surface area (Å²) in [6.07, 6.45) is 1.93. The predicted octanol–water partition coefficient (Wildman–Crippen LogP) is -0.564. The Kier molecular flexibility index (Phi) is 2.65. The molecule has 0 heterocycles. The molecule has 4 heteroatoms. The second-order valence-electron chi connectivity index (χ2n) is 2.31. The predicted molar refractivity (Wildman–Crippen MR) is 33.9 cm³/mol. The van der Waals surface area contributed by atoms with E-state index in [1.165, 1.54) is 0 Å². The summed E-state index contributed by atoms with van der Waals surface area (Å²) in [6, 6.07) is 0. The number of nitrogens with one attached hydrogen (secondary N) is 1. The summed E-state index contributed by atoms with van der Waals surface area (Å²) in [5, 5.41) is 8.26. The van der Waals surface area contributed by atoms with Crippen LogP contribution < -0.4 is 5.48 Å². The minimum absolute atomic E-state index is 0.0616. The van der Waals surface area contributed by atoms with Crippen molar-refractivity contribution in [1.82, 2.24) is 5.48 Å². The Morgan fingerprint density at radius 3 is 2.90 bits per heavy atom. The van der Waals surface area contributed by atoms with Gasteiger partial charge in [0.15, 0.2) is 0 Å². The minimum Gasteiger partial charge on any atom is -0.394 e. The van der Waals surface area contributed by atoms with E-state index >= 15 is 0 Å². The number of hydrogen-bond acceptors (Lipinski definition) is 3. The zero-order chi connectivity index (χ0) is 7.40. The van der Waals surface area contributed by atoms with Gasteiger partial charge >= 0.3 is 0 Å². The van der Waals surface area contributed by atoms with E-state index in [0.29, 0.717) is 0 Å². The largest absolute Gasteiger partial charge is 0.394 e. The number of amides is 1. The highest BCUT2D eigenvalue weighted by Gasteiger charge is 2.29. The van der Waals surface area contributed by atoms with Crippen molar-refractivity contribution in [3.63, 3.8) is 0 Å². The van der Waals surface area contributed by atoms with Crippen LogP contribution in [0.1, 0.15) is 12.8 Å². The van der Waals surface area contributed by atoms with Crippen molar-refractivity contribution in [3.8, 4) is 0 Å². The van der Waals surface area contributed by atoms with Gasteiger partial charge in [0.05, 0.1) is 13.2 Å². The first-order valence-electron chi connectivity index (χ1n) is 3.37. The molecule has 0 unspecified atom stereocenters. The van der Waals surface area contributed by atoms with E-state index in [1.807, 2.05) is 0 Å². The van der Waals surface area contributed by atoms with Crippen LogP contribution in [0.2, 0.25) is 0 Å². The van der Waals surface area contributed by atoms with Crippen LogP contribution in [-0.2, 0) is 9.63 Å². The molecule has 0 atom stereocenters. The fourth-order valence-corrected chi connectivity index (χ4v) is 0.597. The van der Waals surface area contributed by atoms with Crippen LogP contribution in [0.4, 0.5) is 0 Å². The Balaban J connectivity index is 1.95. The van der Waals surface area contributed by atoms with Crippen LogP contribution in [0.25, 0.3) is 0 Å². The van der Waals surface area contributed by atoms with E-state index in [0.717, 1.165) is 12.8 Å². The van der Waals surface area contributed by atoms with Crippen molar-refractivity contribution < 1.29 is 14.7 Å². The maximum Gasteiger partial charge on any atom is 0.246 e. The summed E-state index contributed by atoms with van der Waals surface area (Å²) in [7, 11) is 0. The molecule has 0 saturated heterocycles. The molecule has 4 nitrogen and oxygen atoms in total. The highest BCUT2D eigenvalue weighted by molar-refractivity contribution is 5.79. The Labute approximate surface area is 59.1 Å². The monoisotopic (exact) mass is 145 g/mol. The van der Waals surface area contributed by atoms with Gasteiger partial charge in [-0.1, -0.05) is 0 Å². The molecular weight excluding hydrogens is 134 g/mol. The van der Waals surface area contributed by atoms with Gasteiger partial charge in [-0.25, -0.2) is 5.48 Å². The van der Waals surface area contributed by atoms with Crippen LogP contribution >= 0.6 is 0 Å². The quantitative estimate of drug-likeness (QED) is 0.411. The molecule has 1 saturated carbocycles. The maximum absolute atomic E-state index is 10.8. The van der Waals surface area contributed by atoms with Crippen LogP contribution in [0.3, 0.4) is 0 Å². The van der Waals surface area contributed by atoms with Crippen LogP contribution in [-0.4, -0.2) is 24.2 Å². The van der Waals surface area contributed by atoms with Gasteiger partial charge in [-0.3, -0.25) is 9.63 Å². The molecule has 0 aliphatic heterocycles. The Morgan fingerprint density at radius 1 is 1.70 bits per heavy atom. The number of carbonyl (C=O) groups is 1. The lowest BCUT2D eigenvalue weighted by Crippen LogP contribution is -2.26. The summed E-state index contributed by atoms with van der Waals surface area (Å²) in [5.41, 5.74) is 2.25. The highest BCUT2D eigenvalue weighted by atomic mass is 16.7. The molecule has 58 valence electrons. The fourth-order valence-electron chi connectivity index (χ4n) is 0.597. The Morgan fingerprint density at radius 2 is 2.40 bits per heavy atom. The Bertz CT molecular complexity index is 122. The van der Waals surface area contributed by atoms with Crippen LogP contribution in [0.15, 0.2) is 0 Å². The summed E-state index contributed by atoms with van der Waals surface area (Å²) < 4.78 is 0. The van der Waals surface area contributed by atoms with Gasteiger partial charge in [0.1, 0.15) is 0 Å². The standard InChI is InChI=1S/C6H11NO3/c8-3-4-10-7-6(9)5-1-2-5/h5,8H,1-4H2,(H,7,9). The molecule has 10 heavy (non-hydrogen) atoms. The fraction of sp³-hybridized carbons (Fsp3) is 0.833. The molecule has 1 fully saturated rings. The molecule has 0 aromatic rings. The zero-order valence-electron chi connectivity index (χ0n) is 5.67. The van der Waals surface area contributed by atoms with Gasteiger partial charge in [-0.2, -0.15) is 0 Å². The summed E-state index contributed by atoms with van der Waals surface area (Å²) in [4.78, 5) is 15.4. The van der Waals surface area contributed by atoms with E-state index in [4.69, 9.17) is 5.11 Å². The van der Waals surface area contributed by atoms with Gasteiger partial charge in [0.25, 0.3) is 0 Å². The molecule has 0 aromatic heterocycles. The van der Waals surface area contributed by atoms with Gasteiger partial charge in [-0.15, -0.1) is 0 Å². The first-order valence-corrected chi connectivity index (χ1v) is 3.37. The molecule has 1 aliphatic carbocycles. The number of rotatable bonds is 4. The molecule has 0 bridgehead atoms. The summed E-state index contributed by atoms with van der Waals surface area (Å²) in [6.45, 7) is 0.101. The average molecular weight is 145 g/mol. The first-order chi connectivity index (χ1) is 4.84. The lowest BCUT2D eigenvalue weighted by molar-refractivity contribution is -0.135. The third-order valence-corrected chi connectivity index (χ3v) is 1.31. The summed E-state index contributed by atoms with van der Waals surface area (Å²) in [5.74, 6) is 0.104. The highest BCUT2D eigenvalue weighted by Crippen LogP contribution is 2.28. The third-order valence-electron chi connectivity index (χ3n) is 1.31. The van der Waals surface area contributed by atoms with E-state index in [-0.39, 0.29) is 25.0 Å². The molecule has 1 amide bonds. The van der Waals surface area contributed by atoms with Gasteiger partial charge in [0.2, 0.25) is 5.91 Å². The number of carbonyl (C=O) groups excluding carboxylic acids is 1. The SMILES string of the molecule is O=C(NOCCO)C1CC1. The topological polar surface area (TPSA) is 58.6 Å². The van der Waals surface area contributed by atoms with Crippen LogP contribution in [0, 0.1) is 5.92 Å². The molecule has 0 radical (unpaired) electrons. The lowest BCUT2D eigenvalue weighted by Gasteiger charge is -2.01. The normalized spacial score (nSPS) is 16.9. The van der Waals surface area contributed by atoms with Crippen molar-refractivity contribution in [3.05, 3.63) is 0 Å². The molecule has 2 N–H and O–H groups in total. The van der Waals surface area contributed by atoms with E-state index in [2.05, 4.69) is 10.3 Å². The van der Waals surface area contributed by atoms with Crippen LogP contribution in [0.5, 0.6) is 0 Å². The molecule has 1 aliphatic rings. The van der Waals surface area contributed by atoms with Gasteiger partial charge < -0.3 is 5.11 Å². The smallest absolute Gasteiger partial charge is 0.246 e. The maximum atomic E-state index is 10.8.